The number of hydrogen-bond donors (Lipinski definition) is 0. The first-order valence-electron chi connectivity index (χ1n) is 10.1. The van der Waals surface area contributed by atoms with Crippen molar-refractivity contribution in [3.05, 3.63) is 53.7 Å². The summed E-state index contributed by atoms with van der Waals surface area (Å²) >= 11 is 0. The zero-order chi connectivity index (χ0) is 19.3. The summed E-state index contributed by atoms with van der Waals surface area (Å²) in [5.74, 6) is 1.89. The molecule has 3 heterocycles. The standard InChI is InChI=1S/C22H27N5O/c1-18-17-20(24-22(23-18)27-11-5-6-12-27)25-13-15-26(16-14-25)21(28)10-9-19-7-3-2-4-8-19/h2-4,7-10,17H,5-6,11-16H2,1H3/b10-9+. The molecule has 1 aromatic carbocycles. The van der Waals surface area contributed by atoms with Gasteiger partial charge in [-0.05, 0) is 31.4 Å². The van der Waals surface area contributed by atoms with E-state index < -0.39 is 0 Å². The van der Waals surface area contributed by atoms with Crippen molar-refractivity contribution >= 4 is 23.7 Å². The van der Waals surface area contributed by atoms with E-state index in [-0.39, 0.29) is 5.91 Å². The van der Waals surface area contributed by atoms with E-state index in [0.29, 0.717) is 13.1 Å². The second-order valence-corrected chi connectivity index (χ2v) is 7.42. The number of nitrogens with zero attached hydrogens (tertiary/aromatic N) is 5. The third-order valence-corrected chi connectivity index (χ3v) is 5.35. The molecule has 4 rings (SSSR count). The third kappa shape index (κ3) is 4.32. The van der Waals surface area contributed by atoms with Gasteiger partial charge in [-0.15, -0.1) is 0 Å². The van der Waals surface area contributed by atoms with Crippen LogP contribution in [-0.2, 0) is 4.79 Å². The van der Waals surface area contributed by atoms with Crippen molar-refractivity contribution in [1.82, 2.24) is 14.9 Å². The van der Waals surface area contributed by atoms with Gasteiger partial charge in [0.15, 0.2) is 0 Å². The predicted molar refractivity (Wildman–Crippen MR) is 112 cm³/mol. The van der Waals surface area contributed by atoms with Gasteiger partial charge in [0.2, 0.25) is 11.9 Å². The molecule has 2 fully saturated rings. The quantitative estimate of drug-likeness (QED) is 0.767. The normalized spacial score (nSPS) is 17.5. The lowest BCUT2D eigenvalue weighted by molar-refractivity contribution is -0.126. The maximum Gasteiger partial charge on any atom is 0.246 e. The molecule has 6 nitrogen and oxygen atoms in total. The summed E-state index contributed by atoms with van der Waals surface area (Å²) in [6.45, 7) is 7.11. The van der Waals surface area contributed by atoms with E-state index in [1.807, 2.05) is 54.3 Å². The molecule has 28 heavy (non-hydrogen) atoms. The summed E-state index contributed by atoms with van der Waals surface area (Å²) in [5.41, 5.74) is 2.04. The fraction of sp³-hybridized carbons (Fsp3) is 0.409. The molecule has 2 aliphatic rings. The lowest BCUT2D eigenvalue weighted by atomic mass is 10.2. The lowest BCUT2D eigenvalue weighted by Crippen LogP contribution is -2.48. The molecule has 6 heteroatoms. The Balaban J connectivity index is 1.37. The third-order valence-electron chi connectivity index (χ3n) is 5.35. The molecule has 0 atom stereocenters. The first kappa shape index (κ1) is 18.5. The molecule has 1 aromatic heterocycles. The Morgan fingerprint density at radius 3 is 2.36 bits per heavy atom. The first-order chi connectivity index (χ1) is 13.7. The number of anilines is 2. The first-order valence-corrected chi connectivity index (χ1v) is 10.1. The van der Waals surface area contributed by atoms with Crippen LogP contribution in [0.2, 0.25) is 0 Å². The molecule has 0 aliphatic carbocycles. The molecule has 1 amide bonds. The maximum atomic E-state index is 12.5. The molecule has 0 N–H and O–H groups in total. The largest absolute Gasteiger partial charge is 0.353 e. The summed E-state index contributed by atoms with van der Waals surface area (Å²) in [5, 5.41) is 0. The van der Waals surface area contributed by atoms with Gasteiger partial charge in [0, 0.05) is 57.1 Å². The van der Waals surface area contributed by atoms with Crippen LogP contribution in [0.3, 0.4) is 0 Å². The van der Waals surface area contributed by atoms with Crippen molar-refractivity contribution in [3.63, 3.8) is 0 Å². The number of hydrogen-bond acceptors (Lipinski definition) is 5. The number of carbonyl (C=O) groups is 1. The molecular formula is C22H27N5O. The van der Waals surface area contributed by atoms with Gasteiger partial charge in [-0.3, -0.25) is 4.79 Å². The Morgan fingerprint density at radius 2 is 1.64 bits per heavy atom. The van der Waals surface area contributed by atoms with Crippen LogP contribution in [0.15, 0.2) is 42.5 Å². The van der Waals surface area contributed by atoms with Crippen molar-refractivity contribution in [2.45, 2.75) is 19.8 Å². The second kappa shape index (κ2) is 8.42. The van der Waals surface area contributed by atoms with Gasteiger partial charge in [-0.25, -0.2) is 4.98 Å². The van der Waals surface area contributed by atoms with Crippen LogP contribution >= 0.6 is 0 Å². The minimum Gasteiger partial charge on any atom is -0.353 e. The zero-order valence-electron chi connectivity index (χ0n) is 16.4. The fourth-order valence-corrected chi connectivity index (χ4v) is 3.75. The van der Waals surface area contributed by atoms with Crippen molar-refractivity contribution in [2.24, 2.45) is 0 Å². The summed E-state index contributed by atoms with van der Waals surface area (Å²) in [6, 6.07) is 12.0. The molecule has 2 saturated heterocycles. The molecule has 0 saturated carbocycles. The van der Waals surface area contributed by atoms with Gasteiger partial charge in [-0.1, -0.05) is 30.3 Å². The van der Waals surface area contributed by atoms with Crippen LogP contribution in [0.4, 0.5) is 11.8 Å². The molecule has 0 bridgehead atoms. The van der Waals surface area contributed by atoms with E-state index in [1.165, 1.54) is 12.8 Å². The number of aryl methyl sites for hydroxylation is 1. The SMILES string of the molecule is Cc1cc(N2CCN(C(=O)/C=C/c3ccccc3)CC2)nc(N2CCCC2)n1. The number of carbonyl (C=O) groups excluding carboxylic acids is 1. The zero-order valence-corrected chi connectivity index (χ0v) is 16.4. The van der Waals surface area contributed by atoms with Crippen molar-refractivity contribution in [2.75, 3.05) is 49.1 Å². The molecule has 0 spiro atoms. The molecule has 146 valence electrons. The number of rotatable bonds is 4. The van der Waals surface area contributed by atoms with Crippen LogP contribution in [0.5, 0.6) is 0 Å². The lowest BCUT2D eigenvalue weighted by Gasteiger charge is -2.35. The van der Waals surface area contributed by atoms with Crippen molar-refractivity contribution < 1.29 is 4.79 Å². The molecular weight excluding hydrogens is 350 g/mol. The monoisotopic (exact) mass is 377 g/mol. The van der Waals surface area contributed by atoms with Gasteiger partial charge in [0.05, 0.1) is 0 Å². The van der Waals surface area contributed by atoms with Gasteiger partial charge < -0.3 is 14.7 Å². The number of benzene rings is 1. The summed E-state index contributed by atoms with van der Waals surface area (Å²) < 4.78 is 0. The number of piperazine rings is 1. The topological polar surface area (TPSA) is 52.6 Å². The second-order valence-electron chi connectivity index (χ2n) is 7.42. The Bertz CT molecular complexity index is 837. The van der Waals surface area contributed by atoms with Crippen molar-refractivity contribution in [3.8, 4) is 0 Å². The van der Waals surface area contributed by atoms with Crippen LogP contribution in [-0.4, -0.2) is 60.0 Å². The van der Waals surface area contributed by atoms with E-state index in [9.17, 15) is 4.79 Å². The van der Waals surface area contributed by atoms with Gasteiger partial charge >= 0.3 is 0 Å². The number of aromatic nitrogens is 2. The summed E-state index contributed by atoms with van der Waals surface area (Å²) in [7, 11) is 0. The Hall–Kier alpha value is -2.89. The minimum absolute atomic E-state index is 0.0696. The van der Waals surface area contributed by atoms with Gasteiger partial charge in [0.1, 0.15) is 5.82 Å². The van der Waals surface area contributed by atoms with E-state index in [0.717, 1.165) is 49.2 Å². The highest BCUT2D eigenvalue weighted by molar-refractivity contribution is 5.91. The van der Waals surface area contributed by atoms with Crippen LogP contribution in [0.25, 0.3) is 6.08 Å². The number of amides is 1. The van der Waals surface area contributed by atoms with Crippen LogP contribution in [0, 0.1) is 6.92 Å². The van der Waals surface area contributed by atoms with E-state index >= 15 is 0 Å². The summed E-state index contributed by atoms with van der Waals surface area (Å²) in [6.07, 6.45) is 5.98. The Labute approximate surface area is 166 Å². The Kier molecular flexibility index (Phi) is 5.55. The predicted octanol–water partition coefficient (Wildman–Crippen LogP) is 2.75. The molecule has 0 radical (unpaired) electrons. The highest BCUT2D eigenvalue weighted by atomic mass is 16.2. The molecule has 2 aromatic rings. The summed E-state index contributed by atoms with van der Waals surface area (Å²) in [4.78, 5) is 28.4. The highest BCUT2D eigenvalue weighted by Crippen LogP contribution is 2.21. The van der Waals surface area contributed by atoms with Crippen LogP contribution in [0.1, 0.15) is 24.1 Å². The van der Waals surface area contributed by atoms with E-state index in [2.05, 4.69) is 14.8 Å². The minimum atomic E-state index is 0.0696. The maximum absolute atomic E-state index is 12.5. The smallest absolute Gasteiger partial charge is 0.246 e. The van der Waals surface area contributed by atoms with Crippen LogP contribution < -0.4 is 9.80 Å². The van der Waals surface area contributed by atoms with Gasteiger partial charge in [-0.2, -0.15) is 4.98 Å². The molecule has 2 aliphatic heterocycles. The van der Waals surface area contributed by atoms with Gasteiger partial charge in [0.25, 0.3) is 0 Å². The van der Waals surface area contributed by atoms with Crippen molar-refractivity contribution in [1.29, 1.82) is 0 Å². The highest BCUT2D eigenvalue weighted by Gasteiger charge is 2.22. The molecule has 0 unspecified atom stereocenters. The van der Waals surface area contributed by atoms with E-state index in [4.69, 9.17) is 4.98 Å². The average molecular weight is 377 g/mol. The van der Waals surface area contributed by atoms with E-state index in [1.54, 1.807) is 6.08 Å². The Morgan fingerprint density at radius 1 is 0.929 bits per heavy atom. The fourth-order valence-electron chi connectivity index (χ4n) is 3.75. The average Bonchev–Trinajstić information content (AvgIpc) is 3.27.